The minimum Gasteiger partial charge on any atom is -0.492 e. The summed E-state index contributed by atoms with van der Waals surface area (Å²) < 4.78 is 7.52. The Balaban J connectivity index is 1.71. The van der Waals surface area contributed by atoms with E-state index >= 15 is 0 Å². The third-order valence-electron chi connectivity index (χ3n) is 4.01. The molecular weight excluding hydrogens is 410 g/mol. The first-order chi connectivity index (χ1) is 14.1. The van der Waals surface area contributed by atoms with Gasteiger partial charge in [-0.3, -0.25) is 9.59 Å². The first-order valence-corrected chi connectivity index (χ1v) is 10.2. The lowest BCUT2D eigenvalue weighted by molar-refractivity contribution is 0.0755. The fourth-order valence-corrected chi connectivity index (χ4v) is 3.76. The Labute approximate surface area is 177 Å². The number of para-hydroxylation sites is 1. The average Bonchev–Trinajstić information content (AvgIpc) is 3.14. The molecule has 0 unspecified atom stereocenters. The molecule has 0 saturated carbocycles. The molecule has 29 heavy (non-hydrogen) atoms. The maximum absolute atomic E-state index is 12.9. The highest BCUT2D eigenvalue weighted by Gasteiger charge is 2.18. The van der Waals surface area contributed by atoms with Gasteiger partial charge in [0.2, 0.25) is 0 Å². The molecule has 0 atom stereocenters. The van der Waals surface area contributed by atoms with Gasteiger partial charge < -0.3 is 9.64 Å². The number of thiophene rings is 1. The number of aromatic nitrogens is 2. The van der Waals surface area contributed by atoms with Crippen molar-refractivity contribution >= 4 is 28.8 Å². The fourth-order valence-electron chi connectivity index (χ4n) is 2.65. The fraction of sp³-hybridized carbons (Fsp3) is 0.190. The zero-order valence-electron chi connectivity index (χ0n) is 15.7. The van der Waals surface area contributed by atoms with E-state index < -0.39 is 0 Å². The number of carbonyl (C=O) groups is 1. The highest BCUT2D eigenvalue weighted by molar-refractivity contribution is 7.16. The number of benzene rings is 1. The van der Waals surface area contributed by atoms with Crippen molar-refractivity contribution in [2.45, 2.75) is 13.1 Å². The number of halogens is 1. The monoisotopic (exact) mass is 429 g/mol. The molecule has 1 amide bonds. The third kappa shape index (κ3) is 5.79. The number of ether oxygens (including phenoxy) is 1. The van der Waals surface area contributed by atoms with E-state index in [-0.39, 0.29) is 30.3 Å². The van der Waals surface area contributed by atoms with Gasteiger partial charge in [0, 0.05) is 17.5 Å². The van der Waals surface area contributed by atoms with E-state index in [9.17, 15) is 9.59 Å². The maximum Gasteiger partial charge on any atom is 0.274 e. The van der Waals surface area contributed by atoms with Crippen LogP contribution in [-0.4, -0.2) is 33.7 Å². The second kappa shape index (κ2) is 10.0. The van der Waals surface area contributed by atoms with E-state index in [0.717, 1.165) is 4.88 Å². The van der Waals surface area contributed by atoms with Gasteiger partial charge in [0.15, 0.2) is 0 Å². The molecule has 3 rings (SSSR count). The second-order valence-electron chi connectivity index (χ2n) is 6.12. The normalized spacial score (nSPS) is 10.5. The third-order valence-corrected chi connectivity index (χ3v) is 5.23. The van der Waals surface area contributed by atoms with Crippen LogP contribution >= 0.6 is 22.9 Å². The van der Waals surface area contributed by atoms with Gasteiger partial charge >= 0.3 is 0 Å². The molecule has 1 aromatic carbocycles. The van der Waals surface area contributed by atoms with E-state index in [0.29, 0.717) is 23.2 Å². The van der Waals surface area contributed by atoms with Crippen molar-refractivity contribution in [1.29, 1.82) is 0 Å². The summed E-state index contributed by atoms with van der Waals surface area (Å²) in [7, 11) is 0. The lowest BCUT2D eigenvalue weighted by atomic mass is 10.3. The Morgan fingerprint density at radius 1 is 1.21 bits per heavy atom. The van der Waals surface area contributed by atoms with Crippen LogP contribution in [0.2, 0.25) is 4.34 Å². The molecule has 0 fully saturated rings. The van der Waals surface area contributed by atoms with Crippen LogP contribution in [0.1, 0.15) is 15.4 Å². The summed E-state index contributed by atoms with van der Waals surface area (Å²) >= 11 is 7.40. The minimum absolute atomic E-state index is 0.189. The molecule has 3 aromatic rings. The molecule has 2 aromatic heterocycles. The summed E-state index contributed by atoms with van der Waals surface area (Å²) in [5.41, 5.74) is -0.104. The van der Waals surface area contributed by atoms with Gasteiger partial charge in [0.05, 0.1) is 17.4 Å². The number of rotatable bonds is 9. The van der Waals surface area contributed by atoms with E-state index in [1.807, 2.05) is 36.4 Å². The minimum atomic E-state index is -0.293. The molecule has 0 aliphatic rings. The molecule has 0 N–H and O–H groups in total. The number of hydrogen-bond acceptors (Lipinski definition) is 5. The van der Waals surface area contributed by atoms with E-state index in [4.69, 9.17) is 16.3 Å². The first-order valence-electron chi connectivity index (χ1n) is 8.97. The topological polar surface area (TPSA) is 64.4 Å². The SMILES string of the molecule is C=CCN(Cc1ccc(Cl)s1)C(=O)c1ccc(=O)n(CCOc2ccccc2)n1. The van der Waals surface area contributed by atoms with Crippen molar-refractivity contribution in [1.82, 2.24) is 14.7 Å². The lowest BCUT2D eigenvalue weighted by Crippen LogP contribution is -2.34. The van der Waals surface area contributed by atoms with Gasteiger partial charge in [-0.1, -0.05) is 35.9 Å². The summed E-state index contributed by atoms with van der Waals surface area (Å²) in [4.78, 5) is 27.6. The van der Waals surface area contributed by atoms with E-state index in [2.05, 4.69) is 11.7 Å². The summed E-state index contributed by atoms with van der Waals surface area (Å²) in [5, 5.41) is 4.23. The largest absolute Gasteiger partial charge is 0.492 e. The second-order valence-corrected chi connectivity index (χ2v) is 7.92. The smallest absolute Gasteiger partial charge is 0.274 e. The van der Waals surface area contributed by atoms with Gasteiger partial charge in [0.25, 0.3) is 11.5 Å². The summed E-state index contributed by atoms with van der Waals surface area (Å²) in [6.07, 6.45) is 1.65. The van der Waals surface area contributed by atoms with Crippen LogP contribution in [0.25, 0.3) is 0 Å². The Bertz CT molecular complexity index is 1030. The number of hydrogen-bond donors (Lipinski definition) is 0. The van der Waals surface area contributed by atoms with Crippen LogP contribution < -0.4 is 10.3 Å². The highest BCUT2D eigenvalue weighted by atomic mass is 35.5. The summed E-state index contributed by atoms with van der Waals surface area (Å²) in [6.45, 7) is 4.95. The van der Waals surface area contributed by atoms with Crippen molar-refractivity contribution in [3.63, 3.8) is 0 Å². The maximum atomic E-state index is 12.9. The van der Waals surface area contributed by atoms with Crippen molar-refractivity contribution in [3.05, 3.63) is 92.5 Å². The molecule has 0 saturated heterocycles. The number of nitrogens with zero attached hydrogens (tertiary/aromatic N) is 3. The summed E-state index contributed by atoms with van der Waals surface area (Å²) in [5.74, 6) is 0.423. The Kier molecular flexibility index (Phi) is 7.21. The highest BCUT2D eigenvalue weighted by Crippen LogP contribution is 2.23. The zero-order valence-corrected chi connectivity index (χ0v) is 17.2. The Morgan fingerprint density at radius 3 is 2.69 bits per heavy atom. The molecule has 0 aliphatic carbocycles. The van der Waals surface area contributed by atoms with E-state index in [1.165, 1.54) is 28.2 Å². The quantitative estimate of drug-likeness (QED) is 0.484. The lowest BCUT2D eigenvalue weighted by Gasteiger charge is -2.20. The molecule has 0 radical (unpaired) electrons. The first kappa shape index (κ1) is 20.8. The van der Waals surface area contributed by atoms with Crippen LogP contribution in [0.15, 0.2) is 72.0 Å². The molecule has 8 heteroatoms. The van der Waals surface area contributed by atoms with Gasteiger partial charge in [0.1, 0.15) is 18.1 Å². The number of amides is 1. The van der Waals surface area contributed by atoms with Gasteiger partial charge in [-0.2, -0.15) is 5.10 Å². The van der Waals surface area contributed by atoms with Gasteiger partial charge in [-0.25, -0.2) is 4.68 Å². The average molecular weight is 430 g/mol. The Hall–Kier alpha value is -2.90. The van der Waals surface area contributed by atoms with Crippen molar-refractivity contribution < 1.29 is 9.53 Å². The van der Waals surface area contributed by atoms with Gasteiger partial charge in [-0.15, -0.1) is 17.9 Å². The number of carbonyl (C=O) groups excluding carboxylic acids is 1. The zero-order chi connectivity index (χ0) is 20.6. The molecule has 150 valence electrons. The predicted molar refractivity (Wildman–Crippen MR) is 115 cm³/mol. The standard InChI is InChI=1S/C21H20ClN3O3S/c1-2-12-24(15-17-8-10-19(22)29-17)21(27)18-9-11-20(26)25(23-18)13-14-28-16-6-4-3-5-7-16/h2-11H,1,12-15H2. The van der Waals surface area contributed by atoms with Crippen LogP contribution in [0.5, 0.6) is 5.75 Å². The van der Waals surface area contributed by atoms with Crippen molar-refractivity contribution in [3.8, 4) is 5.75 Å². The van der Waals surface area contributed by atoms with Crippen molar-refractivity contribution in [2.75, 3.05) is 13.2 Å². The molecule has 6 nitrogen and oxygen atoms in total. The predicted octanol–water partition coefficient (Wildman–Crippen LogP) is 3.87. The Morgan fingerprint density at radius 2 is 2.00 bits per heavy atom. The van der Waals surface area contributed by atoms with Crippen LogP contribution in [0, 0.1) is 0 Å². The van der Waals surface area contributed by atoms with Crippen LogP contribution in [0.3, 0.4) is 0 Å². The van der Waals surface area contributed by atoms with Crippen molar-refractivity contribution in [2.24, 2.45) is 0 Å². The molecular formula is C21H20ClN3O3S. The van der Waals surface area contributed by atoms with Crippen LogP contribution in [0.4, 0.5) is 0 Å². The van der Waals surface area contributed by atoms with Crippen LogP contribution in [-0.2, 0) is 13.1 Å². The molecule has 0 spiro atoms. The molecule has 0 bridgehead atoms. The molecule has 2 heterocycles. The summed E-state index contributed by atoms with van der Waals surface area (Å²) in [6, 6.07) is 15.8. The molecule has 0 aliphatic heterocycles. The van der Waals surface area contributed by atoms with E-state index in [1.54, 1.807) is 17.0 Å². The van der Waals surface area contributed by atoms with Gasteiger partial charge in [-0.05, 0) is 30.3 Å².